The summed E-state index contributed by atoms with van der Waals surface area (Å²) in [4.78, 5) is 0. The predicted molar refractivity (Wildman–Crippen MR) is 87.3 cm³/mol. The number of methoxy groups -OCH3 is 1. The molecule has 0 saturated carbocycles. The molecule has 2 aromatic rings. The average molecular weight is 284 g/mol. The van der Waals surface area contributed by atoms with Crippen molar-refractivity contribution >= 4 is 0 Å². The van der Waals surface area contributed by atoms with Gasteiger partial charge in [0.25, 0.3) is 0 Å². The van der Waals surface area contributed by atoms with Crippen LogP contribution in [0.3, 0.4) is 0 Å². The van der Waals surface area contributed by atoms with E-state index in [0.29, 0.717) is 0 Å². The molecule has 0 aliphatic heterocycles. The zero-order valence-corrected chi connectivity index (χ0v) is 12.8. The summed E-state index contributed by atoms with van der Waals surface area (Å²) in [7, 11) is 1.70. The quantitative estimate of drug-likeness (QED) is 0.607. The van der Waals surface area contributed by atoms with Crippen molar-refractivity contribution in [1.29, 1.82) is 0 Å². The highest BCUT2D eigenvalue weighted by Gasteiger charge is 2.11. The third-order valence-corrected chi connectivity index (χ3v) is 3.76. The summed E-state index contributed by atoms with van der Waals surface area (Å²) in [5, 5.41) is 0. The third-order valence-electron chi connectivity index (χ3n) is 3.76. The van der Waals surface area contributed by atoms with Crippen LogP contribution in [0.4, 0.5) is 0 Å². The van der Waals surface area contributed by atoms with E-state index < -0.39 is 0 Å². The van der Waals surface area contributed by atoms with Gasteiger partial charge in [0.15, 0.2) is 0 Å². The van der Waals surface area contributed by atoms with Gasteiger partial charge in [-0.05, 0) is 43.4 Å². The summed E-state index contributed by atoms with van der Waals surface area (Å²) in [5.41, 5.74) is 6.78. The second-order valence-electron chi connectivity index (χ2n) is 5.41. The maximum Gasteiger partial charge on any atom is 0.122 e. The topological polar surface area (TPSA) is 47.3 Å². The van der Waals surface area contributed by atoms with Crippen LogP contribution in [0.15, 0.2) is 48.5 Å². The van der Waals surface area contributed by atoms with Gasteiger partial charge in [0.1, 0.15) is 5.75 Å². The first-order chi connectivity index (χ1) is 10.2. The van der Waals surface area contributed by atoms with E-state index in [1.54, 1.807) is 7.11 Å². The molecule has 112 valence electrons. The molecule has 3 nitrogen and oxygen atoms in total. The lowest BCUT2D eigenvalue weighted by Gasteiger charge is -2.17. The Kier molecular flexibility index (Phi) is 5.78. The van der Waals surface area contributed by atoms with Gasteiger partial charge in [0.05, 0.1) is 7.11 Å². The zero-order chi connectivity index (χ0) is 15.1. The van der Waals surface area contributed by atoms with E-state index in [1.807, 2.05) is 18.2 Å². The first kappa shape index (κ1) is 15.5. The average Bonchev–Trinajstić information content (AvgIpc) is 2.52. The zero-order valence-electron chi connectivity index (χ0n) is 12.8. The number of rotatable bonds is 7. The Morgan fingerprint density at radius 3 is 2.67 bits per heavy atom. The van der Waals surface area contributed by atoms with E-state index in [0.717, 1.165) is 25.0 Å². The molecule has 0 radical (unpaired) electrons. The van der Waals surface area contributed by atoms with Gasteiger partial charge >= 0.3 is 0 Å². The number of nitrogens with two attached hydrogens (primary N) is 1. The molecule has 0 aromatic heterocycles. The van der Waals surface area contributed by atoms with Crippen LogP contribution >= 0.6 is 0 Å². The summed E-state index contributed by atoms with van der Waals surface area (Å²) >= 11 is 0. The van der Waals surface area contributed by atoms with Crippen molar-refractivity contribution in [2.75, 3.05) is 7.11 Å². The number of para-hydroxylation sites is 1. The van der Waals surface area contributed by atoms with E-state index in [2.05, 4.69) is 42.7 Å². The Balaban J connectivity index is 1.97. The van der Waals surface area contributed by atoms with Gasteiger partial charge in [-0.25, -0.2) is 0 Å². The summed E-state index contributed by atoms with van der Waals surface area (Å²) in [6.45, 7) is 2.12. The number of hydrogen-bond acceptors (Lipinski definition) is 3. The van der Waals surface area contributed by atoms with Gasteiger partial charge in [-0.15, -0.1) is 0 Å². The van der Waals surface area contributed by atoms with Crippen LogP contribution in [-0.2, 0) is 12.8 Å². The van der Waals surface area contributed by atoms with Crippen molar-refractivity contribution in [1.82, 2.24) is 5.43 Å². The molecule has 0 aliphatic rings. The lowest BCUT2D eigenvalue weighted by molar-refractivity contribution is 0.403. The second kappa shape index (κ2) is 7.81. The Bertz CT molecular complexity index is 569. The Morgan fingerprint density at radius 2 is 1.95 bits per heavy atom. The SMILES string of the molecule is COc1ccccc1CC(CCc1cccc(C)c1)NN. The van der Waals surface area contributed by atoms with Crippen LogP contribution in [0.5, 0.6) is 5.75 Å². The van der Waals surface area contributed by atoms with Crippen molar-refractivity contribution in [3.8, 4) is 5.75 Å². The van der Waals surface area contributed by atoms with Crippen molar-refractivity contribution < 1.29 is 4.74 Å². The van der Waals surface area contributed by atoms with E-state index in [4.69, 9.17) is 10.6 Å². The number of aryl methyl sites for hydroxylation is 2. The minimum Gasteiger partial charge on any atom is -0.496 e. The molecule has 1 unspecified atom stereocenters. The summed E-state index contributed by atoms with van der Waals surface area (Å²) < 4.78 is 5.40. The fraction of sp³-hybridized carbons (Fsp3) is 0.333. The molecule has 2 aromatic carbocycles. The monoisotopic (exact) mass is 284 g/mol. The molecule has 0 spiro atoms. The number of benzene rings is 2. The van der Waals surface area contributed by atoms with Crippen LogP contribution < -0.4 is 16.0 Å². The van der Waals surface area contributed by atoms with Crippen LogP contribution in [0.25, 0.3) is 0 Å². The molecule has 3 N–H and O–H groups in total. The fourth-order valence-electron chi connectivity index (χ4n) is 2.59. The highest BCUT2D eigenvalue weighted by atomic mass is 16.5. The molecule has 21 heavy (non-hydrogen) atoms. The first-order valence-corrected chi connectivity index (χ1v) is 7.36. The normalized spacial score (nSPS) is 12.1. The Hall–Kier alpha value is -1.84. The molecule has 0 fully saturated rings. The number of hydrazine groups is 1. The molecule has 3 heteroatoms. The molecule has 0 saturated heterocycles. The number of nitrogens with one attached hydrogen (secondary N) is 1. The first-order valence-electron chi connectivity index (χ1n) is 7.36. The molecule has 0 heterocycles. The molecule has 2 rings (SSSR count). The van der Waals surface area contributed by atoms with Crippen molar-refractivity contribution in [2.24, 2.45) is 5.84 Å². The van der Waals surface area contributed by atoms with E-state index in [-0.39, 0.29) is 6.04 Å². The van der Waals surface area contributed by atoms with Gasteiger partial charge < -0.3 is 4.74 Å². The maximum atomic E-state index is 5.72. The van der Waals surface area contributed by atoms with Gasteiger partial charge in [-0.2, -0.15) is 0 Å². The Morgan fingerprint density at radius 1 is 1.14 bits per heavy atom. The second-order valence-corrected chi connectivity index (χ2v) is 5.41. The highest BCUT2D eigenvalue weighted by molar-refractivity contribution is 5.34. The maximum absolute atomic E-state index is 5.72. The third kappa shape index (κ3) is 4.59. The molecular weight excluding hydrogens is 260 g/mol. The minimum absolute atomic E-state index is 0.238. The number of ether oxygens (including phenoxy) is 1. The van der Waals surface area contributed by atoms with Crippen molar-refractivity contribution in [3.05, 3.63) is 65.2 Å². The largest absolute Gasteiger partial charge is 0.496 e. The van der Waals surface area contributed by atoms with Gasteiger partial charge in [0, 0.05) is 6.04 Å². The van der Waals surface area contributed by atoms with Crippen LogP contribution in [0, 0.1) is 6.92 Å². The highest BCUT2D eigenvalue weighted by Crippen LogP contribution is 2.20. The summed E-state index contributed by atoms with van der Waals surface area (Å²) in [6.07, 6.45) is 2.88. The fourth-order valence-corrected chi connectivity index (χ4v) is 2.59. The minimum atomic E-state index is 0.238. The predicted octanol–water partition coefficient (Wildman–Crippen LogP) is 3.01. The van der Waals surface area contributed by atoms with Crippen molar-refractivity contribution in [3.63, 3.8) is 0 Å². The molecule has 0 amide bonds. The van der Waals surface area contributed by atoms with Gasteiger partial charge in [-0.3, -0.25) is 11.3 Å². The Labute approximate surface area is 127 Å². The van der Waals surface area contributed by atoms with Gasteiger partial charge in [0.2, 0.25) is 0 Å². The lowest BCUT2D eigenvalue weighted by atomic mass is 9.98. The van der Waals surface area contributed by atoms with E-state index >= 15 is 0 Å². The van der Waals surface area contributed by atoms with Crippen LogP contribution in [0.2, 0.25) is 0 Å². The standard InChI is InChI=1S/C18H24N2O/c1-14-6-5-7-15(12-14)10-11-17(20-19)13-16-8-3-4-9-18(16)21-2/h3-9,12,17,20H,10-11,13,19H2,1-2H3. The van der Waals surface area contributed by atoms with Gasteiger partial charge in [-0.1, -0.05) is 48.0 Å². The molecule has 1 atom stereocenters. The van der Waals surface area contributed by atoms with Crippen molar-refractivity contribution in [2.45, 2.75) is 32.2 Å². The molecule has 0 bridgehead atoms. The lowest BCUT2D eigenvalue weighted by Crippen LogP contribution is -2.37. The summed E-state index contributed by atoms with van der Waals surface area (Å²) in [6, 6.07) is 17.0. The molecular formula is C18H24N2O. The molecule has 0 aliphatic carbocycles. The summed E-state index contributed by atoms with van der Waals surface area (Å²) in [5.74, 6) is 6.64. The van der Waals surface area contributed by atoms with E-state index in [1.165, 1.54) is 16.7 Å². The smallest absolute Gasteiger partial charge is 0.122 e. The van der Waals surface area contributed by atoms with Crippen LogP contribution in [0.1, 0.15) is 23.1 Å². The van der Waals surface area contributed by atoms with Crippen LogP contribution in [-0.4, -0.2) is 13.2 Å². The number of hydrogen-bond donors (Lipinski definition) is 2. The van der Waals surface area contributed by atoms with E-state index in [9.17, 15) is 0 Å².